The average Bonchev–Trinajstić information content (AvgIpc) is 2.90. The van der Waals surface area contributed by atoms with Gasteiger partial charge in [0.2, 0.25) is 0 Å². The Kier molecular flexibility index (Phi) is 7.78. The fourth-order valence-electron chi connectivity index (χ4n) is 4.53. The second-order valence-corrected chi connectivity index (χ2v) is 9.78. The Bertz CT molecular complexity index is 1340. The number of likely N-dealkylation sites (N-methyl/N-ethyl adjacent to an activating group) is 1. The lowest BCUT2D eigenvalue weighted by Gasteiger charge is -2.39. The van der Waals surface area contributed by atoms with Crippen LogP contribution in [-0.2, 0) is 11.4 Å². The number of aliphatic hydroxyl groups excluding tert-OH is 1. The topological polar surface area (TPSA) is 80.3 Å². The minimum absolute atomic E-state index is 0.0482. The molecule has 2 N–H and O–H groups in total. The van der Waals surface area contributed by atoms with Gasteiger partial charge < -0.3 is 29.5 Å². The normalized spacial score (nSPS) is 14.9. The summed E-state index contributed by atoms with van der Waals surface area (Å²) in [6.07, 6.45) is -1.22. The second kappa shape index (κ2) is 10.9. The highest BCUT2D eigenvalue weighted by Gasteiger charge is 2.38. The number of anilines is 2. The van der Waals surface area contributed by atoms with Crippen molar-refractivity contribution in [3.63, 3.8) is 0 Å². The van der Waals surface area contributed by atoms with Gasteiger partial charge in [0, 0.05) is 30.3 Å². The molecule has 0 fully saturated rings. The molecule has 1 unspecified atom stereocenters. The lowest BCUT2D eigenvalue weighted by atomic mass is 9.91. The van der Waals surface area contributed by atoms with Crippen LogP contribution in [0.25, 0.3) is 11.1 Å². The van der Waals surface area contributed by atoms with Gasteiger partial charge in [-0.15, -0.1) is 0 Å². The van der Waals surface area contributed by atoms with Crippen LogP contribution in [0.2, 0.25) is 0 Å². The van der Waals surface area contributed by atoms with Crippen LogP contribution in [0.5, 0.6) is 17.2 Å². The van der Waals surface area contributed by atoms with Gasteiger partial charge in [-0.3, -0.25) is 4.79 Å². The van der Waals surface area contributed by atoms with Crippen molar-refractivity contribution in [2.75, 3.05) is 37.7 Å². The molecule has 0 bridgehead atoms. The van der Waals surface area contributed by atoms with Crippen LogP contribution in [0.1, 0.15) is 25.0 Å². The van der Waals surface area contributed by atoms with E-state index in [1.165, 1.54) is 19.2 Å². The van der Waals surface area contributed by atoms with E-state index in [0.717, 1.165) is 16.8 Å². The molecule has 9 heteroatoms. The van der Waals surface area contributed by atoms with Crippen molar-refractivity contribution < 1.29 is 32.9 Å². The minimum Gasteiger partial charge on any atom is -0.496 e. The molecular weight excluding hydrogens is 494 g/mol. The van der Waals surface area contributed by atoms with Crippen molar-refractivity contribution >= 4 is 17.3 Å². The van der Waals surface area contributed by atoms with Crippen LogP contribution in [-0.4, -0.2) is 50.1 Å². The Morgan fingerprint density at radius 2 is 1.79 bits per heavy atom. The number of rotatable bonds is 9. The molecule has 4 rings (SSSR count). The first kappa shape index (κ1) is 27.2. The SMILES string of the molecule is COc1cc(OCC(O)CF)ccc1-c1ccc2c(c1COc1cc(F)ccc1C)N(C)C(=O)C(C)(C)N2. The smallest absolute Gasteiger partial charge is 0.251 e. The number of methoxy groups -OCH3 is 1. The third-order valence-corrected chi connectivity index (χ3v) is 6.51. The number of alkyl halides is 1. The average molecular weight is 527 g/mol. The summed E-state index contributed by atoms with van der Waals surface area (Å²) in [5.74, 6) is 0.742. The lowest BCUT2D eigenvalue weighted by molar-refractivity contribution is -0.121. The number of nitrogens with zero attached hydrogens (tertiary/aromatic N) is 1. The minimum atomic E-state index is -1.22. The Balaban J connectivity index is 1.81. The molecule has 0 saturated carbocycles. The summed E-state index contributed by atoms with van der Waals surface area (Å²) in [6, 6.07) is 13.3. The Hall–Kier alpha value is -3.85. The van der Waals surface area contributed by atoms with Crippen molar-refractivity contribution in [1.29, 1.82) is 0 Å². The summed E-state index contributed by atoms with van der Waals surface area (Å²) in [4.78, 5) is 14.8. The molecule has 0 aromatic heterocycles. The zero-order valence-corrected chi connectivity index (χ0v) is 22.1. The van der Waals surface area contributed by atoms with Crippen molar-refractivity contribution in [1.82, 2.24) is 0 Å². The Morgan fingerprint density at radius 3 is 2.50 bits per heavy atom. The van der Waals surface area contributed by atoms with E-state index in [9.17, 15) is 18.7 Å². The molecule has 0 saturated heterocycles. The number of amides is 1. The summed E-state index contributed by atoms with van der Waals surface area (Å²) >= 11 is 0. The summed E-state index contributed by atoms with van der Waals surface area (Å²) in [5, 5.41) is 12.8. The van der Waals surface area contributed by atoms with E-state index in [2.05, 4.69) is 5.32 Å². The molecule has 0 aliphatic carbocycles. The van der Waals surface area contributed by atoms with E-state index < -0.39 is 24.1 Å². The molecule has 0 spiro atoms. The maximum Gasteiger partial charge on any atom is 0.251 e. The van der Waals surface area contributed by atoms with Gasteiger partial charge >= 0.3 is 0 Å². The van der Waals surface area contributed by atoms with E-state index in [-0.39, 0.29) is 19.1 Å². The van der Waals surface area contributed by atoms with Crippen LogP contribution in [0.15, 0.2) is 48.5 Å². The zero-order chi connectivity index (χ0) is 27.6. The van der Waals surface area contributed by atoms with Crippen molar-refractivity contribution in [2.45, 2.75) is 39.0 Å². The van der Waals surface area contributed by atoms with Gasteiger partial charge in [-0.2, -0.15) is 0 Å². The second-order valence-electron chi connectivity index (χ2n) is 9.78. The molecule has 38 heavy (non-hydrogen) atoms. The Morgan fingerprint density at radius 1 is 1.05 bits per heavy atom. The van der Waals surface area contributed by atoms with Gasteiger partial charge in [-0.25, -0.2) is 8.78 Å². The third kappa shape index (κ3) is 5.38. The monoisotopic (exact) mass is 526 g/mol. The fraction of sp³-hybridized carbons (Fsp3) is 0.345. The summed E-state index contributed by atoms with van der Waals surface area (Å²) in [5.41, 5.74) is 3.52. The van der Waals surface area contributed by atoms with E-state index in [0.29, 0.717) is 34.1 Å². The van der Waals surface area contributed by atoms with E-state index in [1.807, 2.05) is 32.9 Å². The highest BCUT2D eigenvalue weighted by atomic mass is 19.1. The predicted molar refractivity (Wildman–Crippen MR) is 142 cm³/mol. The highest BCUT2D eigenvalue weighted by Crippen LogP contribution is 2.45. The summed E-state index contributed by atoms with van der Waals surface area (Å²) in [7, 11) is 3.23. The summed E-state index contributed by atoms with van der Waals surface area (Å²) in [6.45, 7) is 4.41. The first-order valence-corrected chi connectivity index (χ1v) is 12.2. The zero-order valence-electron chi connectivity index (χ0n) is 22.1. The summed E-state index contributed by atoms with van der Waals surface area (Å²) < 4.78 is 43.8. The number of carbonyl (C=O) groups is 1. The number of fused-ring (bicyclic) bond motifs is 1. The number of aryl methyl sites for hydroxylation is 1. The molecule has 3 aromatic rings. The predicted octanol–water partition coefficient (Wildman–Crippen LogP) is 5.26. The fourth-order valence-corrected chi connectivity index (χ4v) is 4.53. The number of hydrogen-bond donors (Lipinski definition) is 2. The van der Waals surface area contributed by atoms with Crippen molar-refractivity contribution in [3.05, 3.63) is 65.5 Å². The molecular formula is C29H32F2N2O5. The van der Waals surface area contributed by atoms with Crippen LogP contribution in [0.3, 0.4) is 0 Å². The third-order valence-electron chi connectivity index (χ3n) is 6.51. The van der Waals surface area contributed by atoms with Gasteiger partial charge in [0.05, 0.1) is 18.5 Å². The van der Waals surface area contributed by atoms with Gasteiger partial charge in [-0.1, -0.05) is 12.1 Å². The van der Waals surface area contributed by atoms with Gasteiger partial charge in [0.15, 0.2) is 0 Å². The number of halogens is 2. The van der Waals surface area contributed by atoms with Crippen LogP contribution < -0.4 is 24.4 Å². The number of hydrogen-bond acceptors (Lipinski definition) is 6. The quantitative estimate of drug-likeness (QED) is 0.396. The van der Waals surface area contributed by atoms with Crippen LogP contribution >= 0.6 is 0 Å². The molecule has 1 aliphatic heterocycles. The van der Waals surface area contributed by atoms with Crippen molar-refractivity contribution in [3.8, 4) is 28.4 Å². The van der Waals surface area contributed by atoms with Gasteiger partial charge in [0.1, 0.15) is 54.6 Å². The lowest BCUT2D eigenvalue weighted by Crippen LogP contribution is -2.52. The molecule has 202 valence electrons. The van der Waals surface area contributed by atoms with Crippen LogP contribution in [0, 0.1) is 12.7 Å². The molecule has 3 aromatic carbocycles. The molecule has 1 atom stereocenters. The van der Waals surface area contributed by atoms with Crippen molar-refractivity contribution in [2.24, 2.45) is 0 Å². The maximum absolute atomic E-state index is 14.0. The number of ether oxygens (including phenoxy) is 3. The van der Waals surface area contributed by atoms with E-state index >= 15 is 0 Å². The first-order chi connectivity index (χ1) is 18.1. The van der Waals surface area contributed by atoms with E-state index in [4.69, 9.17) is 14.2 Å². The molecule has 1 amide bonds. The van der Waals surface area contributed by atoms with Gasteiger partial charge in [-0.05, 0) is 56.2 Å². The molecule has 7 nitrogen and oxygen atoms in total. The molecule has 1 heterocycles. The number of aliphatic hydroxyl groups is 1. The number of nitrogens with one attached hydrogen (secondary N) is 1. The standard InChI is InChI=1S/C29H32F2N2O5/c1-17-6-7-18(31)12-25(17)38-16-23-21(10-11-24-27(23)33(4)28(35)29(2,3)32-24)22-9-8-20(13-26(22)36-5)37-15-19(34)14-30/h6-13,19,32,34H,14-16H2,1-5H3. The van der Waals surface area contributed by atoms with E-state index in [1.54, 1.807) is 36.2 Å². The molecule has 0 radical (unpaired) electrons. The van der Waals surface area contributed by atoms with Gasteiger partial charge in [0.25, 0.3) is 5.91 Å². The number of benzene rings is 3. The first-order valence-electron chi connectivity index (χ1n) is 12.2. The largest absolute Gasteiger partial charge is 0.496 e. The maximum atomic E-state index is 14.0. The molecule has 1 aliphatic rings. The Labute approximate surface area is 220 Å². The number of carbonyl (C=O) groups excluding carboxylic acids is 1. The highest BCUT2D eigenvalue weighted by molar-refractivity contribution is 6.08. The van der Waals surface area contributed by atoms with Crippen LogP contribution in [0.4, 0.5) is 20.2 Å².